The minimum atomic E-state index is -0.739. The van der Waals surface area contributed by atoms with Gasteiger partial charge in [0.2, 0.25) is 0 Å². The molecule has 1 aliphatic heterocycles. The van der Waals surface area contributed by atoms with E-state index in [0.717, 1.165) is 24.8 Å². The van der Waals surface area contributed by atoms with Crippen molar-refractivity contribution in [1.29, 1.82) is 0 Å². The first kappa shape index (κ1) is 22.0. The van der Waals surface area contributed by atoms with Gasteiger partial charge in [0.25, 0.3) is 5.91 Å². The Labute approximate surface area is 181 Å². The van der Waals surface area contributed by atoms with Crippen LogP contribution in [-0.2, 0) is 20.8 Å². The summed E-state index contributed by atoms with van der Waals surface area (Å²) >= 11 is 0. The maximum atomic E-state index is 11.9. The predicted octanol–water partition coefficient (Wildman–Crippen LogP) is 1.50. The van der Waals surface area contributed by atoms with Gasteiger partial charge in [-0.3, -0.25) is 14.4 Å². The number of carbonyl (C=O) groups is 3. The van der Waals surface area contributed by atoms with Crippen LogP contribution in [-0.4, -0.2) is 55.1 Å². The van der Waals surface area contributed by atoms with E-state index in [0.29, 0.717) is 30.9 Å². The molecule has 1 fully saturated rings. The van der Waals surface area contributed by atoms with E-state index >= 15 is 0 Å². The van der Waals surface area contributed by atoms with Crippen molar-refractivity contribution in [2.24, 2.45) is 5.10 Å². The highest BCUT2D eigenvalue weighted by molar-refractivity contribution is 6.35. The number of nitrogens with one attached hydrogen (secondary N) is 2. The Morgan fingerprint density at radius 3 is 2.42 bits per heavy atom. The molecule has 0 bridgehead atoms. The number of benzene rings is 2. The van der Waals surface area contributed by atoms with E-state index in [2.05, 4.69) is 15.8 Å². The van der Waals surface area contributed by atoms with Gasteiger partial charge in [-0.15, -0.1) is 0 Å². The van der Waals surface area contributed by atoms with Gasteiger partial charge in [0.1, 0.15) is 5.75 Å². The van der Waals surface area contributed by atoms with Crippen LogP contribution in [0.5, 0.6) is 5.75 Å². The minimum absolute atomic E-state index is 0.0725. The molecular weight excluding hydrogens is 396 g/mol. The number of nitrogens with zero attached hydrogens (tertiary/aromatic N) is 2. The second-order valence-electron chi connectivity index (χ2n) is 7.14. The van der Waals surface area contributed by atoms with E-state index < -0.39 is 11.8 Å². The van der Waals surface area contributed by atoms with E-state index in [-0.39, 0.29) is 12.5 Å². The van der Waals surface area contributed by atoms with Crippen molar-refractivity contribution in [2.45, 2.75) is 19.3 Å². The lowest BCUT2D eigenvalue weighted by atomic mass is 10.1. The molecule has 0 aliphatic carbocycles. The molecule has 0 radical (unpaired) electrons. The van der Waals surface area contributed by atoms with Gasteiger partial charge in [-0.2, -0.15) is 5.10 Å². The Hall–Kier alpha value is -3.68. The summed E-state index contributed by atoms with van der Waals surface area (Å²) in [4.78, 5) is 37.1. The van der Waals surface area contributed by atoms with Gasteiger partial charge < -0.3 is 15.0 Å². The third-order valence-corrected chi connectivity index (χ3v) is 4.80. The summed E-state index contributed by atoms with van der Waals surface area (Å²) in [5.41, 5.74) is 4.13. The first-order chi connectivity index (χ1) is 15.1. The SMILES string of the molecule is O=C(COc1ccc(/C=N/NC(=O)C(=O)N2CCCC2)cc1)NCCc1ccccc1. The Kier molecular flexibility index (Phi) is 8.16. The van der Waals surface area contributed by atoms with Crippen molar-refractivity contribution in [3.8, 4) is 5.75 Å². The zero-order valence-electron chi connectivity index (χ0n) is 17.3. The van der Waals surface area contributed by atoms with Crippen LogP contribution >= 0.6 is 0 Å². The third-order valence-electron chi connectivity index (χ3n) is 4.80. The Bertz CT molecular complexity index is 907. The van der Waals surface area contributed by atoms with E-state index in [1.54, 1.807) is 24.3 Å². The quantitative estimate of drug-likeness (QED) is 0.382. The molecule has 2 N–H and O–H groups in total. The molecule has 0 unspecified atom stereocenters. The standard InChI is InChI=1S/C23H26N4O4/c28-21(24-13-12-18-6-2-1-3-7-18)17-31-20-10-8-19(9-11-20)16-25-26-22(29)23(30)27-14-4-5-15-27/h1-3,6-11,16H,4-5,12-15,17H2,(H,24,28)(H,26,29)/b25-16+. The molecule has 8 nitrogen and oxygen atoms in total. The van der Waals surface area contributed by atoms with Gasteiger partial charge in [-0.25, -0.2) is 5.43 Å². The molecule has 1 heterocycles. The van der Waals surface area contributed by atoms with E-state index in [1.165, 1.54) is 11.1 Å². The van der Waals surface area contributed by atoms with Crippen LogP contribution in [0.2, 0.25) is 0 Å². The highest BCUT2D eigenvalue weighted by atomic mass is 16.5. The molecular formula is C23H26N4O4. The Morgan fingerprint density at radius 2 is 1.71 bits per heavy atom. The van der Waals surface area contributed by atoms with Crippen molar-refractivity contribution in [3.05, 3.63) is 65.7 Å². The number of carbonyl (C=O) groups excluding carboxylic acids is 3. The highest BCUT2D eigenvalue weighted by Crippen LogP contribution is 2.11. The molecule has 0 saturated carbocycles. The molecule has 2 aromatic rings. The van der Waals surface area contributed by atoms with E-state index in [9.17, 15) is 14.4 Å². The number of hydrazone groups is 1. The maximum Gasteiger partial charge on any atom is 0.329 e. The average Bonchev–Trinajstić information content (AvgIpc) is 3.33. The Morgan fingerprint density at radius 1 is 1.00 bits per heavy atom. The van der Waals surface area contributed by atoms with Crippen molar-refractivity contribution >= 4 is 23.9 Å². The first-order valence-electron chi connectivity index (χ1n) is 10.3. The molecule has 0 spiro atoms. The van der Waals surface area contributed by atoms with Crippen molar-refractivity contribution in [3.63, 3.8) is 0 Å². The van der Waals surface area contributed by atoms with Crippen LogP contribution in [0.1, 0.15) is 24.0 Å². The van der Waals surface area contributed by atoms with Crippen molar-refractivity contribution < 1.29 is 19.1 Å². The number of hydrogen-bond donors (Lipinski definition) is 2. The average molecular weight is 422 g/mol. The second kappa shape index (κ2) is 11.5. The molecule has 8 heteroatoms. The van der Waals surface area contributed by atoms with Crippen LogP contribution in [0.25, 0.3) is 0 Å². The van der Waals surface area contributed by atoms with Gasteiger partial charge in [-0.05, 0) is 54.7 Å². The number of rotatable bonds is 8. The number of amides is 3. The summed E-state index contributed by atoms with van der Waals surface area (Å²) in [6, 6.07) is 16.8. The predicted molar refractivity (Wildman–Crippen MR) is 117 cm³/mol. The van der Waals surface area contributed by atoms with Crippen LogP contribution in [0, 0.1) is 0 Å². The molecule has 2 aromatic carbocycles. The first-order valence-corrected chi connectivity index (χ1v) is 10.3. The zero-order valence-corrected chi connectivity index (χ0v) is 17.3. The van der Waals surface area contributed by atoms with Gasteiger partial charge in [0, 0.05) is 19.6 Å². The number of hydrogen-bond acceptors (Lipinski definition) is 5. The molecule has 0 aromatic heterocycles. The summed E-state index contributed by atoms with van der Waals surface area (Å²) in [5, 5.41) is 6.64. The fourth-order valence-corrected chi connectivity index (χ4v) is 3.12. The molecule has 1 saturated heterocycles. The van der Waals surface area contributed by atoms with Gasteiger partial charge >= 0.3 is 11.8 Å². The fraction of sp³-hybridized carbons (Fsp3) is 0.304. The fourth-order valence-electron chi connectivity index (χ4n) is 3.12. The summed E-state index contributed by atoms with van der Waals surface area (Å²) in [6.07, 6.45) is 4.05. The van der Waals surface area contributed by atoms with Crippen molar-refractivity contribution in [2.75, 3.05) is 26.2 Å². The molecule has 0 atom stereocenters. The monoisotopic (exact) mass is 422 g/mol. The smallest absolute Gasteiger partial charge is 0.329 e. The molecule has 31 heavy (non-hydrogen) atoms. The lowest BCUT2D eigenvalue weighted by molar-refractivity contribution is -0.145. The minimum Gasteiger partial charge on any atom is -0.484 e. The molecule has 3 amide bonds. The summed E-state index contributed by atoms with van der Waals surface area (Å²) < 4.78 is 5.48. The lowest BCUT2D eigenvalue weighted by Gasteiger charge is -2.12. The maximum absolute atomic E-state index is 11.9. The number of ether oxygens (including phenoxy) is 1. The largest absolute Gasteiger partial charge is 0.484 e. The van der Waals surface area contributed by atoms with Crippen LogP contribution in [0.15, 0.2) is 59.7 Å². The Balaban J connectivity index is 1.35. The van der Waals surface area contributed by atoms with Gasteiger partial charge in [-0.1, -0.05) is 30.3 Å². The van der Waals surface area contributed by atoms with Gasteiger partial charge in [0.05, 0.1) is 6.21 Å². The molecule has 3 rings (SSSR count). The van der Waals surface area contributed by atoms with Crippen LogP contribution in [0.3, 0.4) is 0 Å². The topological polar surface area (TPSA) is 100 Å². The van der Waals surface area contributed by atoms with Crippen LogP contribution in [0.4, 0.5) is 0 Å². The van der Waals surface area contributed by atoms with E-state index in [1.807, 2.05) is 30.3 Å². The van der Waals surface area contributed by atoms with Gasteiger partial charge in [0.15, 0.2) is 6.61 Å². The molecule has 162 valence electrons. The second-order valence-corrected chi connectivity index (χ2v) is 7.14. The summed E-state index contributed by atoms with van der Waals surface area (Å²) in [7, 11) is 0. The molecule has 1 aliphatic rings. The zero-order chi connectivity index (χ0) is 21.9. The number of likely N-dealkylation sites (tertiary alicyclic amines) is 1. The summed E-state index contributed by atoms with van der Waals surface area (Å²) in [6.45, 7) is 1.70. The van der Waals surface area contributed by atoms with Crippen LogP contribution < -0.4 is 15.5 Å². The highest BCUT2D eigenvalue weighted by Gasteiger charge is 2.23. The normalized spacial score (nSPS) is 13.2. The lowest BCUT2D eigenvalue weighted by Crippen LogP contribution is -2.39. The summed E-state index contributed by atoms with van der Waals surface area (Å²) in [5.74, 6) is -0.938. The third kappa shape index (κ3) is 7.26. The van der Waals surface area contributed by atoms with Crippen molar-refractivity contribution in [1.82, 2.24) is 15.6 Å². The van der Waals surface area contributed by atoms with E-state index in [4.69, 9.17) is 4.74 Å².